The number of carboxylic acids is 1. The summed E-state index contributed by atoms with van der Waals surface area (Å²) < 4.78 is 5.84. The van der Waals surface area contributed by atoms with Gasteiger partial charge in [-0.3, -0.25) is 4.79 Å². The topological polar surface area (TPSA) is 49.8 Å². The molecular weight excluding hydrogens is 324 g/mol. The summed E-state index contributed by atoms with van der Waals surface area (Å²) in [4.78, 5) is 12.6. The van der Waals surface area contributed by atoms with Gasteiger partial charge < -0.3 is 9.84 Å². The molecule has 1 aliphatic heterocycles. The van der Waals surface area contributed by atoms with Crippen LogP contribution in [-0.4, -0.2) is 23.3 Å². The molecule has 0 radical (unpaired) electrons. The Bertz CT molecular complexity index is 435. The first-order chi connectivity index (χ1) is 12.5. The van der Waals surface area contributed by atoms with Gasteiger partial charge in [0.25, 0.3) is 0 Å². The Morgan fingerprint density at radius 1 is 1.04 bits per heavy atom. The smallest absolute Gasteiger partial charge is 0.310 e. The van der Waals surface area contributed by atoms with Gasteiger partial charge in [0, 0.05) is 0 Å². The van der Waals surface area contributed by atoms with Gasteiger partial charge in [0.1, 0.15) is 0 Å². The molecule has 152 valence electrons. The number of aliphatic carboxylic acids is 1. The van der Waals surface area contributed by atoms with E-state index in [1.807, 2.05) is 0 Å². The number of hydrogen-bond acceptors (Lipinski definition) is 2. The van der Waals surface area contributed by atoms with Gasteiger partial charge in [0.2, 0.25) is 0 Å². The quantitative estimate of drug-likeness (QED) is 0.381. The summed E-state index contributed by atoms with van der Waals surface area (Å²) in [5, 5.41) is 10.4. The van der Waals surface area contributed by atoms with E-state index in [9.17, 15) is 9.90 Å². The highest BCUT2D eigenvalue weighted by Gasteiger charge is 2.59. The zero-order chi connectivity index (χ0) is 19.2. The lowest BCUT2D eigenvalue weighted by Crippen LogP contribution is -2.45. The fraction of sp³-hybridized carbons (Fsp3) is 0.957. The second-order valence-corrected chi connectivity index (χ2v) is 9.08. The number of ether oxygens (including phenoxy) is 1. The van der Waals surface area contributed by atoms with E-state index in [1.165, 1.54) is 44.9 Å². The first-order valence-corrected chi connectivity index (χ1v) is 11.4. The maximum absolute atomic E-state index is 12.6. The third kappa shape index (κ3) is 5.24. The van der Waals surface area contributed by atoms with Gasteiger partial charge in [-0.05, 0) is 43.4 Å². The molecular formula is C23H42O3. The molecule has 0 aromatic rings. The number of fused-ring (bicyclic) bond motifs is 1. The average Bonchev–Trinajstić information content (AvgIpc) is 3.39. The molecule has 0 bridgehead atoms. The van der Waals surface area contributed by atoms with E-state index in [2.05, 4.69) is 27.7 Å². The summed E-state index contributed by atoms with van der Waals surface area (Å²) in [5.41, 5.74) is -0.550. The zero-order valence-electron chi connectivity index (χ0n) is 17.6. The number of epoxide rings is 1. The highest BCUT2D eigenvalue weighted by atomic mass is 16.6. The van der Waals surface area contributed by atoms with Crippen LogP contribution in [0.5, 0.6) is 0 Å². The van der Waals surface area contributed by atoms with Crippen molar-refractivity contribution >= 4 is 5.97 Å². The second-order valence-electron chi connectivity index (χ2n) is 9.08. The fourth-order valence-corrected chi connectivity index (χ4v) is 5.36. The summed E-state index contributed by atoms with van der Waals surface area (Å²) in [6.45, 7) is 8.99. The molecule has 1 heterocycles. The highest BCUT2D eigenvalue weighted by Crippen LogP contribution is 2.55. The summed E-state index contributed by atoms with van der Waals surface area (Å²) in [7, 11) is 0. The Labute approximate surface area is 161 Å². The van der Waals surface area contributed by atoms with E-state index in [0.29, 0.717) is 23.9 Å². The summed E-state index contributed by atoms with van der Waals surface area (Å²) in [6.07, 6.45) is 13.9. The predicted octanol–water partition coefficient (Wildman–Crippen LogP) is 6.45. The van der Waals surface area contributed by atoms with Gasteiger partial charge in [0.15, 0.2) is 0 Å². The molecule has 6 atom stereocenters. The Balaban J connectivity index is 2.16. The Hall–Kier alpha value is -0.570. The van der Waals surface area contributed by atoms with Crippen LogP contribution in [0.25, 0.3) is 0 Å². The van der Waals surface area contributed by atoms with Crippen molar-refractivity contribution in [1.82, 2.24) is 0 Å². The molecule has 3 nitrogen and oxygen atoms in total. The standard InChI is InChI=1S/C23H42O3/c1-5-9-11-17(7-3)13-19-14-20-21(26-20)16-23(19,22(24)25)15-18(8-4)12-10-6-2/h17-21H,5-16H2,1-4H3,(H,24,25). The zero-order valence-corrected chi connectivity index (χ0v) is 17.6. The van der Waals surface area contributed by atoms with Gasteiger partial charge in [-0.15, -0.1) is 0 Å². The Kier molecular flexibility index (Phi) is 8.44. The van der Waals surface area contributed by atoms with Gasteiger partial charge >= 0.3 is 5.97 Å². The molecule has 1 saturated heterocycles. The monoisotopic (exact) mass is 366 g/mol. The van der Waals surface area contributed by atoms with E-state index >= 15 is 0 Å². The molecule has 0 aromatic carbocycles. The van der Waals surface area contributed by atoms with Crippen LogP contribution in [-0.2, 0) is 9.53 Å². The van der Waals surface area contributed by atoms with Crippen LogP contribution in [0.1, 0.15) is 105 Å². The van der Waals surface area contributed by atoms with Crippen molar-refractivity contribution in [3.8, 4) is 0 Å². The molecule has 0 amide bonds. The number of carbonyl (C=O) groups is 1. The largest absolute Gasteiger partial charge is 0.481 e. The van der Waals surface area contributed by atoms with E-state index in [-0.39, 0.29) is 6.10 Å². The number of carboxylic acid groups (broad SMARTS) is 1. The fourth-order valence-electron chi connectivity index (χ4n) is 5.36. The van der Waals surface area contributed by atoms with Gasteiger partial charge in [-0.25, -0.2) is 0 Å². The molecule has 1 saturated carbocycles. The van der Waals surface area contributed by atoms with E-state index < -0.39 is 11.4 Å². The van der Waals surface area contributed by atoms with Crippen LogP contribution >= 0.6 is 0 Å². The van der Waals surface area contributed by atoms with Gasteiger partial charge in [0.05, 0.1) is 17.6 Å². The minimum absolute atomic E-state index is 0.224. The maximum Gasteiger partial charge on any atom is 0.310 e. The molecule has 0 spiro atoms. The van der Waals surface area contributed by atoms with Crippen LogP contribution < -0.4 is 0 Å². The maximum atomic E-state index is 12.6. The molecule has 2 aliphatic rings. The normalized spacial score (nSPS) is 32.7. The molecule has 1 aliphatic carbocycles. The molecule has 6 unspecified atom stereocenters. The van der Waals surface area contributed by atoms with Crippen LogP contribution in [0.2, 0.25) is 0 Å². The van der Waals surface area contributed by atoms with E-state index in [0.717, 1.165) is 32.1 Å². The van der Waals surface area contributed by atoms with E-state index in [4.69, 9.17) is 4.74 Å². The van der Waals surface area contributed by atoms with Crippen molar-refractivity contribution in [2.75, 3.05) is 0 Å². The molecule has 26 heavy (non-hydrogen) atoms. The van der Waals surface area contributed by atoms with Crippen molar-refractivity contribution in [3.05, 3.63) is 0 Å². The molecule has 3 heteroatoms. The number of unbranched alkanes of at least 4 members (excludes halogenated alkanes) is 2. The van der Waals surface area contributed by atoms with Crippen molar-refractivity contribution in [2.45, 2.75) is 117 Å². The molecule has 2 fully saturated rings. The second kappa shape index (κ2) is 10.1. The van der Waals surface area contributed by atoms with Crippen molar-refractivity contribution in [2.24, 2.45) is 23.2 Å². The highest BCUT2D eigenvalue weighted by molar-refractivity contribution is 5.75. The third-order valence-corrected chi connectivity index (χ3v) is 7.33. The minimum Gasteiger partial charge on any atom is -0.481 e. The van der Waals surface area contributed by atoms with Gasteiger partial charge in [-0.1, -0.05) is 79.1 Å². The Morgan fingerprint density at radius 2 is 1.65 bits per heavy atom. The predicted molar refractivity (Wildman–Crippen MR) is 107 cm³/mol. The first kappa shape index (κ1) is 21.7. The van der Waals surface area contributed by atoms with Crippen LogP contribution in [0.15, 0.2) is 0 Å². The van der Waals surface area contributed by atoms with Gasteiger partial charge in [-0.2, -0.15) is 0 Å². The SMILES string of the molecule is CCCCC(CC)CC1CC2OC2CC1(CC(CC)CCCC)C(=O)O. The van der Waals surface area contributed by atoms with Crippen molar-refractivity contribution in [3.63, 3.8) is 0 Å². The van der Waals surface area contributed by atoms with Crippen molar-refractivity contribution < 1.29 is 14.6 Å². The number of rotatable bonds is 13. The summed E-state index contributed by atoms with van der Waals surface area (Å²) in [6, 6.07) is 0. The molecule has 1 N–H and O–H groups in total. The molecule has 2 rings (SSSR count). The van der Waals surface area contributed by atoms with Crippen LogP contribution in [0.3, 0.4) is 0 Å². The summed E-state index contributed by atoms with van der Waals surface area (Å²) >= 11 is 0. The lowest BCUT2D eigenvalue weighted by Gasteiger charge is -2.43. The van der Waals surface area contributed by atoms with Crippen LogP contribution in [0.4, 0.5) is 0 Å². The average molecular weight is 367 g/mol. The molecule has 0 aromatic heterocycles. The summed E-state index contributed by atoms with van der Waals surface area (Å²) in [5.74, 6) is 0.960. The van der Waals surface area contributed by atoms with Crippen LogP contribution in [0, 0.1) is 23.2 Å². The Morgan fingerprint density at radius 3 is 2.19 bits per heavy atom. The lowest BCUT2D eigenvalue weighted by molar-refractivity contribution is -0.157. The first-order valence-electron chi connectivity index (χ1n) is 11.4. The minimum atomic E-state index is -0.550. The lowest BCUT2D eigenvalue weighted by atomic mass is 9.59. The van der Waals surface area contributed by atoms with E-state index in [1.54, 1.807) is 0 Å². The number of hydrogen-bond donors (Lipinski definition) is 1. The van der Waals surface area contributed by atoms with Crippen molar-refractivity contribution in [1.29, 1.82) is 0 Å². The third-order valence-electron chi connectivity index (χ3n) is 7.33.